The standard InChI is InChI=1S/C47H32N4O/c1-3-11-32(12-4-1)41-30-42(33-21-19-31(20-22-33)36-27-28-45-39(29-36)38-15-7-10-18-44(38)52-45)49-46(48-41)34-23-25-35(26-24-34)47-50-40-16-8-9-17-43(40)51(47)37-13-5-2-6-14-37/h1-30,43,47H. The van der Waals surface area contributed by atoms with Crippen molar-refractivity contribution >= 4 is 33.3 Å². The van der Waals surface area contributed by atoms with E-state index in [9.17, 15) is 0 Å². The zero-order valence-corrected chi connectivity index (χ0v) is 28.2. The van der Waals surface area contributed by atoms with E-state index in [-0.39, 0.29) is 12.2 Å². The van der Waals surface area contributed by atoms with Crippen LogP contribution in [-0.4, -0.2) is 21.7 Å². The van der Waals surface area contributed by atoms with Crippen LogP contribution < -0.4 is 4.90 Å². The number of allylic oxidation sites excluding steroid dienone is 2. The summed E-state index contributed by atoms with van der Waals surface area (Å²) in [6, 6.07) is 54.8. The van der Waals surface area contributed by atoms with E-state index >= 15 is 0 Å². The Morgan fingerprint density at radius 2 is 1.13 bits per heavy atom. The molecule has 0 saturated heterocycles. The quantitative estimate of drug-likeness (QED) is 0.177. The van der Waals surface area contributed by atoms with Gasteiger partial charge in [0.05, 0.1) is 23.1 Å². The van der Waals surface area contributed by atoms with E-state index in [2.05, 4.69) is 157 Å². The third-order valence-electron chi connectivity index (χ3n) is 10.0. The topological polar surface area (TPSA) is 54.5 Å². The highest BCUT2D eigenvalue weighted by molar-refractivity contribution is 6.07. The van der Waals surface area contributed by atoms with Gasteiger partial charge in [-0.05, 0) is 59.2 Å². The van der Waals surface area contributed by atoms with Crippen LogP contribution in [0.2, 0.25) is 0 Å². The maximum absolute atomic E-state index is 6.06. The number of benzene rings is 6. The van der Waals surface area contributed by atoms with Crippen molar-refractivity contribution in [1.82, 2.24) is 9.97 Å². The molecule has 2 atom stereocenters. The summed E-state index contributed by atoms with van der Waals surface area (Å²) in [6.07, 6.45) is 8.37. The lowest BCUT2D eigenvalue weighted by Gasteiger charge is -2.31. The summed E-state index contributed by atoms with van der Waals surface area (Å²) < 4.78 is 6.06. The molecule has 52 heavy (non-hydrogen) atoms. The fraction of sp³-hybridized carbons (Fsp3) is 0.0426. The molecule has 0 N–H and O–H groups in total. The van der Waals surface area contributed by atoms with E-state index in [4.69, 9.17) is 19.4 Å². The molecule has 8 aromatic rings. The molecular formula is C47H32N4O. The first-order valence-electron chi connectivity index (χ1n) is 17.6. The van der Waals surface area contributed by atoms with Gasteiger partial charge in [0.2, 0.25) is 0 Å². The van der Waals surface area contributed by atoms with Crippen LogP contribution in [0.3, 0.4) is 0 Å². The Bertz CT molecular complexity index is 2670. The minimum atomic E-state index is -0.137. The first-order chi connectivity index (χ1) is 25.7. The van der Waals surface area contributed by atoms with Crippen LogP contribution in [0.1, 0.15) is 11.7 Å². The Morgan fingerprint density at radius 1 is 0.500 bits per heavy atom. The Labute approximate surface area is 301 Å². The van der Waals surface area contributed by atoms with Crippen LogP contribution in [0.4, 0.5) is 5.69 Å². The molecule has 246 valence electrons. The van der Waals surface area contributed by atoms with Gasteiger partial charge in [-0.2, -0.15) is 0 Å². The zero-order chi connectivity index (χ0) is 34.4. The highest BCUT2D eigenvalue weighted by Crippen LogP contribution is 2.39. The summed E-state index contributed by atoms with van der Waals surface area (Å²) >= 11 is 0. The molecule has 6 aromatic carbocycles. The summed E-state index contributed by atoms with van der Waals surface area (Å²) in [4.78, 5) is 17.8. The molecule has 1 aliphatic carbocycles. The summed E-state index contributed by atoms with van der Waals surface area (Å²) in [5.74, 6) is 0.682. The van der Waals surface area contributed by atoms with Crippen molar-refractivity contribution in [2.75, 3.05) is 4.90 Å². The SMILES string of the molecule is C1=CC2=NC(c3ccc(-c4nc(-c5ccccc5)cc(-c5ccc(-c6ccc7oc8ccccc8c7c6)cc5)n4)cc3)N(c3ccccc3)C2C=C1. The van der Waals surface area contributed by atoms with Crippen LogP contribution in [0.15, 0.2) is 191 Å². The van der Waals surface area contributed by atoms with Crippen molar-refractivity contribution in [2.45, 2.75) is 12.2 Å². The Hall–Kier alpha value is -6.85. The molecule has 1 aliphatic heterocycles. The Balaban J connectivity index is 1.00. The highest BCUT2D eigenvalue weighted by atomic mass is 16.3. The number of hydrogen-bond donors (Lipinski definition) is 0. The molecule has 5 heteroatoms. The molecule has 0 fully saturated rings. The molecule has 2 unspecified atom stereocenters. The van der Waals surface area contributed by atoms with Gasteiger partial charge in [-0.25, -0.2) is 9.97 Å². The van der Waals surface area contributed by atoms with Gasteiger partial charge in [0.25, 0.3) is 0 Å². The molecule has 3 heterocycles. The van der Waals surface area contributed by atoms with Gasteiger partial charge in [-0.3, -0.25) is 4.99 Å². The van der Waals surface area contributed by atoms with Gasteiger partial charge in [0, 0.05) is 33.2 Å². The Morgan fingerprint density at radius 3 is 1.92 bits per heavy atom. The molecule has 0 bridgehead atoms. The summed E-state index contributed by atoms with van der Waals surface area (Å²) in [5.41, 5.74) is 12.2. The number of aromatic nitrogens is 2. The molecule has 0 radical (unpaired) electrons. The predicted octanol–water partition coefficient (Wildman–Crippen LogP) is 11.5. The average Bonchev–Trinajstić information content (AvgIpc) is 3.80. The van der Waals surface area contributed by atoms with Gasteiger partial charge >= 0.3 is 0 Å². The Kier molecular flexibility index (Phi) is 7.21. The monoisotopic (exact) mass is 668 g/mol. The first-order valence-corrected chi connectivity index (χ1v) is 17.6. The number of rotatable bonds is 6. The maximum Gasteiger partial charge on any atom is 0.160 e. The summed E-state index contributed by atoms with van der Waals surface area (Å²) in [7, 11) is 0. The second-order valence-electron chi connectivity index (χ2n) is 13.2. The number of aliphatic imine (C=N–C) groups is 1. The van der Waals surface area contributed by atoms with Crippen LogP contribution in [0.25, 0.3) is 67.0 Å². The lowest BCUT2D eigenvalue weighted by Crippen LogP contribution is -2.35. The van der Waals surface area contributed by atoms with Gasteiger partial charge in [0.15, 0.2) is 5.82 Å². The first kappa shape index (κ1) is 30.0. The van der Waals surface area contributed by atoms with E-state index in [1.807, 2.05) is 30.3 Å². The number of fused-ring (bicyclic) bond motifs is 4. The number of anilines is 1. The molecule has 0 saturated carbocycles. The molecule has 5 nitrogen and oxygen atoms in total. The average molecular weight is 669 g/mol. The van der Waals surface area contributed by atoms with Crippen molar-refractivity contribution < 1.29 is 4.42 Å². The zero-order valence-electron chi connectivity index (χ0n) is 28.2. The molecule has 2 aromatic heterocycles. The normalized spacial score (nSPS) is 16.4. The minimum Gasteiger partial charge on any atom is -0.456 e. The van der Waals surface area contributed by atoms with Crippen molar-refractivity contribution in [3.05, 3.63) is 188 Å². The molecular weight excluding hydrogens is 637 g/mol. The third-order valence-corrected chi connectivity index (χ3v) is 10.0. The maximum atomic E-state index is 6.06. The molecule has 2 aliphatic rings. The largest absolute Gasteiger partial charge is 0.456 e. The second-order valence-corrected chi connectivity index (χ2v) is 13.2. The number of furan rings is 1. The van der Waals surface area contributed by atoms with E-state index in [0.29, 0.717) is 5.82 Å². The van der Waals surface area contributed by atoms with Gasteiger partial charge in [-0.1, -0.05) is 140 Å². The minimum absolute atomic E-state index is 0.102. The van der Waals surface area contributed by atoms with Crippen molar-refractivity contribution in [1.29, 1.82) is 0 Å². The number of hydrogen-bond acceptors (Lipinski definition) is 5. The fourth-order valence-corrected chi connectivity index (χ4v) is 7.39. The predicted molar refractivity (Wildman–Crippen MR) is 212 cm³/mol. The van der Waals surface area contributed by atoms with E-state index in [1.165, 1.54) is 0 Å². The van der Waals surface area contributed by atoms with Crippen LogP contribution in [0.5, 0.6) is 0 Å². The second kappa shape index (κ2) is 12.5. The number of nitrogens with zero attached hydrogens (tertiary/aromatic N) is 4. The van der Waals surface area contributed by atoms with E-state index in [1.54, 1.807) is 0 Å². The molecule has 0 amide bonds. The van der Waals surface area contributed by atoms with Gasteiger partial charge in [-0.15, -0.1) is 0 Å². The van der Waals surface area contributed by atoms with Crippen molar-refractivity contribution in [3.8, 4) is 45.0 Å². The van der Waals surface area contributed by atoms with Crippen LogP contribution >= 0.6 is 0 Å². The summed E-state index contributed by atoms with van der Waals surface area (Å²) in [6.45, 7) is 0. The van der Waals surface area contributed by atoms with Crippen molar-refractivity contribution in [2.24, 2.45) is 4.99 Å². The fourth-order valence-electron chi connectivity index (χ4n) is 7.39. The van der Waals surface area contributed by atoms with Crippen molar-refractivity contribution in [3.63, 3.8) is 0 Å². The smallest absolute Gasteiger partial charge is 0.160 e. The third kappa shape index (κ3) is 5.31. The number of para-hydroxylation sites is 2. The van der Waals surface area contributed by atoms with Crippen LogP contribution in [-0.2, 0) is 0 Å². The molecule has 10 rings (SSSR count). The van der Waals surface area contributed by atoms with E-state index < -0.39 is 0 Å². The molecule has 0 spiro atoms. The highest BCUT2D eigenvalue weighted by Gasteiger charge is 2.35. The summed E-state index contributed by atoms with van der Waals surface area (Å²) in [5, 5.41) is 2.25. The van der Waals surface area contributed by atoms with Gasteiger partial charge < -0.3 is 9.32 Å². The van der Waals surface area contributed by atoms with E-state index in [0.717, 1.165) is 78.1 Å². The lowest BCUT2D eigenvalue weighted by atomic mass is 10.00. The van der Waals surface area contributed by atoms with Gasteiger partial charge in [0.1, 0.15) is 17.3 Å². The van der Waals surface area contributed by atoms with Crippen LogP contribution in [0, 0.1) is 0 Å². The lowest BCUT2D eigenvalue weighted by molar-refractivity contribution is 0.669.